The third-order valence-corrected chi connectivity index (χ3v) is 5.58. The van der Waals surface area contributed by atoms with Gasteiger partial charge in [-0.05, 0) is 56.5 Å². The predicted octanol–water partition coefficient (Wildman–Crippen LogP) is 4.87. The zero-order valence-corrected chi connectivity index (χ0v) is 19.6. The summed E-state index contributed by atoms with van der Waals surface area (Å²) in [7, 11) is 1.32. The van der Waals surface area contributed by atoms with E-state index in [9.17, 15) is 14.4 Å². The van der Waals surface area contributed by atoms with E-state index in [1.807, 2.05) is 39.0 Å². The summed E-state index contributed by atoms with van der Waals surface area (Å²) in [4.78, 5) is 39.1. The molecule has 0 saturated heterocycles. The van der Waals surface area contributed by atoms with Gasteiger partial charge in [0, 0.05) is 23.6 Å². The van der Waals surface area contributed by atoms with Crippen LogP contribution < -0.4 is 16.0 Å². The number of amides is 4. The Labute approximate surface area is 194 Å². The van der Waals surface area contributed by atoms with Crippen molar-refractivity contribution >= 4 is 29.4 Å². The molecule has 33 heavy (non-hydrogen) atoms. The predicted molar refractivity (Wildman–Crippen MR) is 128 cm³/mol. The molecule has 1 atom stereocenters. The monoisotopic (exact) mass is 450 g/mol. The number of hydrogen-bond donors (Lipinski definition) is 3. The maximum atomic E-state index is 12.6. The van der Waals surface area contributed by atoms with Crippen molar-refractivity contribution in [2.75, 3.05) is 24.3 Å². The number of anilines is 2. The minimum absolute atomic E-state index is 0.262. The summed E-state index contributed by atoms with van der Waals surface area (Å²) in [5.41, 5.74) is 5.09. The highest BCUT2D eigenvalue weighted by atomic mass is 16.5. The van der Waals surface area contributed by atoms with Crippen molar-refractivity contribution in [3.63, 3.8) is 0 Å². The van der Waals surface area contributed by atoms with Crippen LogP contribution in [0.1, 0.15) is 43.0 Å². The standard InChI is InChI=1S/C25H30N4O4/c1-6-13-29-17(4)21(23(30)33-5)22(28-25(29)32)18-8-10-19(11-9-18)26-24(31)27-20-12-7-15(2)14-16(20)3/h7-12,14,22H,6,13H2,1-5H3,(H,28,32)(H2,26,27,31). The fraction of sp³-hybridized carbons (Fsp3) is 0.320. The van der Waals surface area contributed by atoms with Crippen LogP contribution in [0.5, 0.6) is 0 Å². The molecule has 8 heteroatoms. The van der Waals surface area contributed by atoms with E-state index in [4.69, 9.17) is 4.74 Å². The number of hydrogen-bond acceptors (Lipinski definition) is 4. The zero-order valence-electron chi connectivity index (χ0n) is 19.6. The SMILES string of the molecule is CCCN1C(=O)NC(c2ccc(NC(=O)Nc3ccc(C)cc3C)cc2)C(C(=O)OC)=C1C. The zero-order chi connectivity index (χ0) is 24.1. The lowest BCUT2D eigenvalue weighted by molar-refractivity contribution is -0.136. The van der Waals surface area contributed by atoms with Crippen LogP contribution >= 0.6 is 0 Å². The van der Waals surface area contributed by atoms with Gasteiger partial charge in [-0.3, -0.25) is 4.90 Å². The first-order valence-electron chi connectivity index (χ1n) is 10.9. The van der Waals surface area contributed by atoms with Gasteiger partial charge in [0.1, 0.15) is 0 Å². The fourth-order valence-electron chi connectivity index (χ4n) is 3.90. The molecule has 1 heterocycles. The molecular weight excluding hydrogens is 420 g/mol. The molecule has 0 saturated carbocycles. The molecule has 0 bridgehead atoms. The maximum absolute atomic E-state index is 12.6. The third-order valence-electron chi connectivity index (χ3n) is 5.58. The van der Waals surface area contributed by atoms with Crippen LogP contribution in [0.15, 0.2) is 53.7 Å². The number of nitrogens with one attached hydrogen (secondary N) is 3. The lowest BCUT2D eigenvalue weighted by atomic mass is 9.94. The van der Waals surface area contributed by atoms with Crippen molar-refractivity contribution in [1.82, 2.24) is 10.2 Å². The molecule has 0 aliphatic carbocycles. The van der Waals surface area contributed by atoms with Crippen LogP contribution in [-0.4, -0.2) is 36.6 Å². The number of ether oxygens (including phenoxy) is 1. The van der Waals surface area contributed by atoms with Gasteiger partial charge in [0.25, 0.3) is 0 Å². The summed E-state index contributed by atoms with van der Waals surface area (Å²) in [6.45, 7) is 8.15. The van der Waals surface area contributed by atoms with Gasteiger partial charge in [-0.2, -0.15) is 0 Å². The highest BCUT2D eigenvalue weighted by Crippen LogP contribution is 2.32. The average Bonchev–Trinajstić information content (AvgIpc) is 2.78. The van der Waals surface area contributed by atoms with E-state index in [1.54, 1.807) is 36.1 Å². The first kappa shape index (κ1) is 23.8. The Balaban J connectivity index is 1.78. The Hall–Kier alpha value is -3.81. The van der Waals surface area contributed by atoms with Crippen LogP contribution in [0.25, 0.3) is 0 Å². The average molecular weight is 451 g/mol. The van der Waals surface area contributed by atoms with Gasteiger partial charge in [-0.1, -0.05) is 36.8 Å². The summed E-state index contributed by atoms with van der Waals surface area (Å²) in [6, 6.07) is 11.5. The van der Waals surface area contributed by atoms with Crippen molar-refractivity contribution < 1.29 is 19.1 Å². The Morgan fingerprint density at radius 2 is 1.76 bits per heavy atom. The number of rotatable bonds is 6. The quantitative estimate of drug-likeness (QED) is 0.547. The van der Waals surface area contributed by atoms with Crippen LogP contribution in [0.3, 0.4) is 0 Å². The van der Waals surface area contributed by atoms with Gasteiger partial charge < -0.3 is 20.7 Å². The number of carbonyl (C=O) groups excluding carboxylic acids is 3. The second-order valence-electron chi connectivity index (χ2n) is 8.04. The van der Waals surface area contributed by atoms with Gasteiger partial charge in [-0.15, -0.1) is 0 Å². The molecule has 0 spiro atoms. The number of allylic oxidation sites excluding steroid dienone is 1. The first-order chi connectivity index (χ1) is 15.7. The molecule has 1 aliphatic rings. The van der Waals surface area contributed by atoms with Gasteiger partial charge in [-0.25, -0.2) is 14.4 Å². The number of nitrogens with zero attached hydrogens (tertiary/aromatic N) is 1. The van der Waals surface area contributed by atoms with Crippen LogP contribution in [0.4, 0.5) is 21.0 Å². The van der Waals surface area contributed by atoms with E-state index < -0.39 is 12.0 Å². The van der Waals surface area contributed by atoms with E-state index >= 15 is 0 Å². The number of benzene rings is 2. The number of esters is 1. The summed E-state index contributed by atoms with van der Waals surface area (Å²) in [5, 5.41) is 8.54. The third kappa shape index (κ3) is 5.34. The first-order valence-corrected chi connectivity index (χ1v) is 10.9. The molecule has 2 aromatic carbocycles. The van der Waals surface area contributed by atoms with Crippen LogP contribution in [-0.2, 0) is 9.53 Å². The largest absolute Gasteiger partial charge is 0.466 e. The van der Waals surface area contributed by atoms with E-state index in [0.717, 1.165) is 23.2 Å². The van der Waals surface area contributed by atoms with E-state index in [1.165, 1.54) is 7.11 Å². The lowest BCUT2D eigenvalue weighted by Crippen LogP contribution is -2.48. The number of methoxy groups -OCH3 is 1. The molecule has 3 rings (SSSR count). The Morgan fingerprint density at radius 1 is 1.06 bits per heavy atom. The number of aryl methyl sites for hydroxylation is 2. The molecule has 1 aliphatic heterocycles. The molecule has 2 aromatic rings. The summed E-state index contributed by atoms with van der Waals surface area (Å²) in [5.74, 6) is -0.492. The molecule has 174 valence electrons. The summed E-state index contributed by atoms with van der Waals surface area (Å²) >= 11 is 0. The van der Waals surface area contributed by atoms with Crippen LogP contribution in [0, 0.1) is 13.8 Å². The van der Waals surface area contributed by atoms with E-state index in [2.05, 4.69) is 16.0 Å². The van der Waals surface area contributed by atoms with Crippen molar-refractivity contribution in [2.24, 2.45) is 0 Å². The van der Waals surface area contributed by atoms with Crippen molar-refractivity contribution in [3.05, 3.63) is 70.4 Å². The molecule has 0 fully saturated rings. The minimum atomic E-state index is -0.642. The maximum Gasteiger partial charge on any atom is 0.337 e. The highest BCUT2D eigenvalue weighted by molar-refractivity contribution is 6.00. The molecule has 0 radical (unpaired) electrons. The van der Waals surface area contributed by atoms with Gasteiger partial charge in [0.2, 0.25) is 0 Å². The highest BCUT2D eigenvalue weighted by Gasteiger charge is 2.35. The van der Waals surface area contributed by atoms with Gasteiger partial charge in [0.05, 0.1) is 18.7 Å². The molecular formula is C25H30N4O4. The van der Waals surface area contributed by atoms with Crippen molar-refractivity contribution in [3.8, 4) is 0 Å². The Morgan fingerprint density at radius 3 is 2.36 bits per heavy atom. The summed E-state index contributed by atoms with van der Waals surface area (Å²) < 4.78 is 4.98. The fourth-order valence-corrected chi connectivity index (χ4v) is 3.90. The van der Waals surface area contributed by atoms with Crippen molar-refractivity contribution in [2.45, 2.75) is 40.2 Å². The van der Waals surface area contributed by atoms with Crippen LogP contribution in [0.2, 0.25) is 0 Å². The normalized spacial score (nSPS) is 15.7. The number of urea groups is 2. The topological polar surface area (TPSA) is 99.8 Å². The smallest absolute Gasteiger partial charge is 0.337 e. The van der Waals surface area contributed by atoms with Crippen molar-refractivity contribution in [1.29, 1.82) is 0 Å². The van der Waals surface area contributed by atoms with E-state index in [0.29, 0.717) is 29.1 Å². The number of carbonyl (C=O) groups is 3. The molecule has 0 aromatic heterocycles. The van der Waals surface area contributed by atoms with Gasteiger partial charge in [0.15, 0.2) is 0 Å². The molecule has 3 N–H and O–H groups in total. The molecule has 1 unspecified atom stereocenters. The van der Waals surface area contributed by atoms with E-state index in [-0.39, 0.29) is 12.1 Å². The molecule has 4 amide bonds. The minimum Gasteiger partial charge on any atom is -0.466 e. The lowest BCUT2D eigenvalue weighted by Gasteiger charge is -2.35. The second kappa shape index (κ2) is 10.2. The summed E-state index contributed by atoms with van der Waals surface area (Å²) in [6.07, 6.45) is 0.758. The Bertz CT molecular complexity index is 1090. The van der Waals surface area contributed by atoms with Gasteiger partial charge >= 0.3 is 18.0 Å². The molecule has 8 nitrogen and oxygen atoms in total. The second-order valence-corrected chi connectivity index (χ2v) is 8.04. The Kier molecular flexibility index (Phi) is 7.37.